The molecule has 0 saturated carbocycles. The van der Waals surface area contributed by atoms with Gasteiger partial charge in [0.15, 0.2) is 20.0 Å². The molecular weight excluding hydrogens is 806 g/mol. The summed E-state index contributed by atoms with van der Waals surface area (Å²) in [6, 6.07) is 0. The van der Waals surface area contributed by atoms with Crippen molar-refractivity contribution >= 4 is 97.1 Å². The summed E-state index contributed by atoms with van der Waals surface area (Å²) in [5.41, 5.74) is -12.4. The van der Waals surface area contributed by atoms with Crippen LogP contribution in [0.5, 0.6) is 0 Å². The highest BCUT2D eigenvalue weighted by Crippen LogP contribution is 2.36. The van der Waals surface area contributed by atoms with Gasteiger partial charge in [-0.3, -0.25) is 0 Å². The Kier molecular flexibility index (Phi) is 11.0. The number of sulfonamides is 2. The Morgan fingerprint density at radius 1 is 1.11 bits per heavy atom. The van der Waals surface area contributed by atoms with Crippen molar-refractivity contribution in [1.82, 2.24) is 4.57 Å². The van der Waals surface area contributed by atoms with Crippen LogP contribution in [0.3, 0.4) is 0 Å². The molecule has 19 heteroatoms. The molecule has 0 radical (unpaired) electrons. The molecule has 0 N–H and O–H groups in total. The van der Waals surface area contributed by atoms with Crippen molar-refractivity contribution in [3.8, 4) is 0 Å². The van der Waals surface area contributed by atoms with Gasteiger partial charge in [-0.15, -0.1) is 0 Å². The smallest absolute Gasteiger partial charge is 0.421 e. The van der Waals surface area contributed by atoms with E-state index in [4.69, 9.17) is 0 Å². The molecule has 0 saturated heterocycles. The van der Waals surface area contributed by atoms with Gasteiger partial charge in [0.25, 0.3) is 0 Å². The molecule has 0 amide bonds. The number of aryl methyl sites for hydroxylation is 1. The van der Waals surface area contributed by atoms with Gasteiger partial charge in [0.05, 0.1) is 11.9 Å². The molecule has 7 nitrogen and oxygen atoms in total. The molecular formula is C9H9Br2F6I2N3O4S2. The largest absolute Gasteiger partial charge is 0.480 e. The van der Waals surface area contributed by atoms with E-state index in [-0.39, 0.29) is 0 Å². The zero-order valence-corrected chi connectivity index (χ0v) is 22.3. The Balaban J connectivity index is 0.000000525. The summed E-state index contributed by atoms with van der Waals surface area (Å²) < 4.78 is 116. The summed E-state index contributed by atoms with van der Waals surface area (Å²) in [5.74, 6) is 0. The Bertz CT molecular complexity index is 847. The average Bonchev–Trinajstić information content (AvgIpc) is 2.71. The molecule has 1 aromatic heterocycles. The van der Waals surface area contributed by atoms with Crippen molar-refractivity contribution in [3.63, 3.8) is 0 Å². The summed E-state index contributed by atoms with van der Waals surface area (Å²) in [4.78, 5) is 0.490. The van der Waals surface area contributed by atoms with Crippen LogP contribution in [0.4, 0.5) is 26.3 Å². The number of alkyl halides is 8. The average molecular weight is 815 g/mol. The van der Waals surface area contributed by atoms with Gasteiger partial charge in [-0.05, 0) is 0 Å². The van der Waals surface area contributed by atoms with Crippen LogP contribution in [0.2, 0.25) is 0 Å². The molecule has 1 aromatic rings. The van der Waals surface area contributed by atoms with Crippen molar-refractivity contribution in [2.24, 2.45) is 7.05 Å². The minimum absolute atomic E-state index is 0.490. The maximum Gasteiger partial charge on any atom is 0.480 e. The molecule has 0 aliphatic rings. The first-order valence-corrected chi connectivity index (χ1v) is 13.3. The molecule has 1 unspecified atom stereocenters. The first-order valence-electron chi connectivity index (χ1n) is 6.23. The zero-order valence-electron chi connectivity index (χ0n) is 13.1. The highest BCUT2D eigenvalue weighted by atomic mass is 127. The predicted octanol–water partition coefficient (Wildman–Crippen LogP) is 3.74. The normalized spacial score (nSPS) is 14.4. The van der Waals surface area contributed by atoms with Gasteiger partial charge in [-0.25, -0.2) is 26.0 Å². The molecule has 28 heavy (non-hydrogen) atoms. The summed E-state index contributed by atoms with van der Waals surface area (Å²) in [5, 5.41) is 0.974. The number of aromatic nitrogens is 2. The lowest BCUT2D eigenvalue weighted by Gasteiger charge is -2.22. The third kappa shape index (κ3) is 8.30. The van der Waals surface area contributed by atoms with E-state index in [1.54, 1.807) is 0 Å². The van der Waals surface area contributed by atoms with Gasteiger partial charge in [0, 0.05) is 50.5 Å². The van der Waals surface area contributed by atoms with Crippen LogP contribution in [-0.4, -0.2) is 42.6 Å². The number of halogens is 10. The fraction of sp³-hybridized carbons (Fsp3) is 0.667. The standard InChI is InChI=1S/C7H9Br2I2N2.C2F6NO4S2/c1-12-4-13(3-5(9)2-8)7(11)6(12)10;3-1(4,5)14(10,11)9-15(12,13)2(6,7)8/h4-5H,2-3H2,1H3;/q+1;-1. The van der Waals surface area contributed by atoms with Crippen molar-refractivity contribution in [3.05, 3.63) is 17.9 Å². The van der Waals surface area contributed by atoms with E-state index in [1.807, 2.05) is 0 Å². The van der Waals surface area contributed by atoms with Gasteiger partial charge in [-0.2, -0.15) is 26.3 Å². The number of rotatable bonds is 5. The topological polar surface area (TPSA) is 91.2 Å². The van der Waals surface area contributed by atoms with Gasteiger partial charge in [0.1, 0.15) is 6.54 Å². The number of nitrogens with zero attached hydrogens (tertiary/aromatic N) is 3. The molecule has 1 rings (SSSR count). The van der Waals surface area contributed by atoms with Gasteiger partial charge in [-0.1, -0.05) is 31.9 Å². The first kappa shape index (κ1) is 29.1. The van der Waals surface area contributed by atoms with E-state index >= 15 is 0 Å². The summed E-state index contributed by atoms with van der Waals surface area (Å²) in [6.45, 7) is 1.00. The number of imidazole rings is 1. The van der Waals surface area contributed by atoms with Gasteiger partial charge >= 0.3 is 11.0 Å². The molecule has 0 fully saturated rings. The van der Waals surface area contributed by atoms with Crippen molar-refractivity contribution in [1.29, 1.82) is 0 Å². The number of hydrogen-bond donors (Lipinski definition) is 0. The lowest BCUT2D eigenvalue weighted by molar-refractivity contribution is -0.683. The fourth-order valence-corrected chi connectivity index (χ4v) is 4.54. The second kappa shape index (κ2) is 10.6. The molecule has 1 atom stereocenters. The van der Waals surface area contributed by atoms with E-state index in [9.17, 15) is 43.2 Å². The summed E-state index contributed by atoms with van der Waals surface area (Å²) in [7, 11) is -11.4. The maximum atomic E-state index is 11.4. The molecule has 166 valence electrons. The lowest BCUT2D eigenvalue weighted by Crippen LogP contribution is -2.30. The zero-order chi connectivity index (χ0) is 22.7. The van der Waals surface area contributed by atoms with Gasteiger partial charge < -0.3 is 4.13 Å². The van der Waals surface area contributed by atoms with Crippen LogP contribution in [0.1, 0.15) is 0 Å². The monoisotopic (exact) mass is 813 g/mol. The van der Waals surface area contributed by atoms with Crippen molar-refractivity contribution < 1.29 is 47.7 Å². The fourth-order valence-electron chi connectivity index (χ4n) is 1.18. The highest BCUT2D eigenvalue weighted by Gasteiger charge is 2.46. The van der Waals surface area contributed by atoms with E-state index in [0.717, 1.165) is 16.0 Å². The minimum Gasteiger partial charge on any atom is -0.421 e. The van der Waals surface area contributed by atoms with Crippen LogP contribution in [0, 0.1) is 7.40 Å². The summed E-state index contributed by atoms with van der Waals surface area (Å²) in [6.07, 6.45) is 2.13. The third-order valence-electron chi connectivity index (χ3n) is 2.39. The number of hydrogen-bond acceptors (Lipinski definition) is 4. The summed E-state index contributed by atoms with van der Waals surface area (Å²) >= 11 is 11.8. The quantitative estimate of drug-likeness (QED) is 0.196. The maximum absolute atomic E-state index is 11.4. The second-order valence-corrected chi connectivity index (χ2v) is 12.0. The highest BCUT2D eigenvalue weighted by molar-refractivity contribution is 14.1. The lowest BCUT2D eigenvalue weighted by atomic mass is 10.5. The van der Waals surface area contributed by atoms with E-state index in [0.29, 0.717) is 4.83 Å². The van der Waals surface area contributed by atoms with Gasteiger partial charge in [0.2, 0.25) is 13.7 Å². The van der Waals surface area contributed by atoms with Crippen molar-refractivity contribution in [2.45, 2.75) is 22.4 Å². The SMILES string of the molecule is C[n+]1cn(CC(Br)CBr)c(I)c1I.O=S(=O)([N-]S(=O)(=O)C(F)(F)F)C(F)(F)F. The van der Waals surface area contributed by atoms with Crippen molar-refractivity contribution in [2.75, 3.05) is 5.33 Å². The Morgan fingerprint density at radius 2 is 1.50 bits per heavy atom. The van der Waals surface area contributed by atoms with E-state index in [2.05, 4.69) is 99.6 Å². The predicted molar refractivity (Wildman–Crippen MR) is 111 cm³/mol. The molecule has 0 bridgehead atoms. The van der Waals surface area contributed by atoms with E-state index < -0.39 is 31.1 Å². The first-order chi connectivity index (χ1) is 12.3. The molecule has 0 aliphatic heterocycles. The van der Waals surface area contributed by atoms with Crippen LogP contribution in [0.25, 0.3) is 4.13 Å². The Hall–Kier alpha value is 1.07. The van der Waals surface area contributed by atoms with Crippen LogP contribution < -0.4 is 4.57 Å². The third-order valence-corrected chi connectivity index (χ3v) is 10.8. The van der Waals surface area contributed by atoms with Crippen LogP contribution in [0.15, 0.2) is 6.33 Å². The molecule has 0 aromatic carbocycles. The minimum atomic E-state index is -6.72. The van der Waals surface area contributed by atoms with Crippen LogP contribution in [-0.2, 0) is 33.6 Å². The van der Waals surface area contributed by atoms with Crippen LogP contribution >= 0.6 is 77.0 Å². The Morgan fingerprint density at radius 3 is 1.75 bits per heavy atom. The van der Waals surface area contributed by atoms with E-state index in [1.165, 1.54) is 7.40 Å². The molecule has 0 spiro atoms. The Labute approximate surface area is 200 Å². The molecule has 1 heterocycles. The second-order valence-electron chi connectivity index (χ2n) is 4.63. The molecule has 0 aliphatic carbocycles.